The van der Waals surface area contributed by atoms with E-state index in [1.165, 1.54) is 17.5 Å². The number of rotatable bonds is 9. The Morgan fingerprint density at radius 1 is 1.42 bits per heavy atom. The van der Waals surface area contributed by atoms with Gasteiger partial charge >= 0.3 is 6.18 Å². The first kappa shape index (κ1) is 22.8. The molecule has 1 aliphatic heterocycles. The lowest BCUT2D eigenvalue weighted by molar-refractivity contribution is -0.138. The van der Waals surface area contributed by atoms with Gasteiger partial charge in [-0.25, -0.2) is 10.1 Å². The first-order chi connectivity index (χ1) is 15.7. The molecule has 1 saturated heterocycles. The average molecular weight is 485 g/mol. The number of H-pyrrole nitrogens is 1. The quantitative estimate of drug-likeness (QED) is 0.433. The molecule has 0 aromatic carbocycles. The minimum atomic E-state index is -4.83. The van der Waals surface area contributed by atoms with Crippen LogP contribution in [0.1, 0.15) is 39.8 Å². The second-order valence-electron chi connectivity index (χ2n) is 7.36. The number of alkyl halides is 3. The van der Waals surface area contributed by atoms with Gasteiger partial charge in [0.15, 0.2) is 17.2 Å². The van der Waals surface area contributed by atoms with E-state index < -0.39 is 29.0 Å². The average Bonchev–Trinajstić information content (AvgIpc) is 3.36. The molecule has 3 aromatic heterocycles. The van der Waals surface area contributed by atoms with Crippen molar-refractivity contribution in [3.8, 4) is 0 Å². The standard InChI is InChI=1S/C18H18F3N7O4S/c1-9(24-12-3-23-26-16(30)14(12)18(19,20)21)7-31-8-13-25-15(27-32-13)10-4-28(5-10)17-22-2-11(6-29)33-17/h2-3,6,9-10H,4-5,7-8H2,1H3,(H2,24,26,30). The van der Waals surface area contributed by atoms with Gasteiger partial charge in [0.05, 0.1) is 35.5 Å². The summed E-state index contributed by atoms with van der Waals surface area (Å²) >= 11 is 1.31. The summed E-state index contributed by atoms with van der Waals surface area (Å²) in [6.45, 7) is 2.86. The Bertz CT molecular complexity index is 1170. The molecule has 0 aliphatic carbocycles. The molecule has 1 aliphatic rings. The Morgan fingerprint density at radius 3 is 2.91 bits per heavy atom. The smallest absolute Gasteiger partial charge is 0.378 e. The highest BCUT2D eigenvalue weighted by Crippen LogP contribution is 2.33. The molecular formula is C18H18F3N7O4S. The number of nitrogens with zero attached hydrogens (tertiary/aromatic N) is 5. The van der Waals surface area contributed by atoms with Crippen LogP contribution in [0.25, 0.3) is 0 Å². The Hall–Kier alpha value is -3.33. The van der Waals surface area contributed by atoms with Gasteiger partial charge in [-0.3, -0.25) is 9.59 Å². The van der Waals surface area contributed by atoms with E-state index in [4.69, 9.17) is 9.26 Å². The van der Waals surface area contributed by atoms with Gasteiger partial charge in [-0.05, 0) is 6.92 Å². The van der Waals surface area contributed by atoms with E-state index in [0.29, 0.717) is 23.8 Å². The fourth-order valence-electron chi connectivity index (χ4n) is 3.19. The Labute approximate surface area is 188 Å². The predicted molar refractivity (Wildman–Crippen MR) is 109 cm³/mol. The zero-order valence-electron chi connectivity index (χ0n) is 17.1. The maximum absolute atomic E-state index is 13.1. The number of thiazole rings is 1. The van der Waals surface area contributed by atoms with Crippen molar-refractivity contribution in [3.05, 3.63) is 44.9 Å². The lowest BCUT2D eigenvalue weighted by atomic mass is 10.0. The Balaban J connectivity index is 1.25. The minimum absolute atomic E-state index is 0.0160. The van der Waals surface area contributed by atoms with Crippen LogP contribution in [-0.2, 0) is 17.5 Å². The summed E-state index contributed by atoms with van der Waals surface area (Å²) in [5.74, 6) is 0.811. The number of aromatic nitrogens is 5. The summed E-state index contributed by atoms with van der Waals surface area (Å²) in [7, 11) is 0. The van der Waals surface area contributed by atoms with Crippen LogP contribution in [0.2, 0.25) is 0 Å². The van der Waals surface area contributed by atoms with E-state index in [9.17, 15) is 22.8 Å². The van der Waals surface area contributed by atoms with Crippen LogP contribution in [0.5, 0.6) is 0 Å². The lowest BCUT2D eigenvalue weighted by Crippen LogP contribution is -2.45. The number of aldehydes is 1. The number of nitrogens with one attached hydrogen (secondary N) is 2. The lowest BCUT2D eigenvalue weighted by Gasteiger charge is -2.37. The molecule has 33 heavy (non-hydrogen) atoms. The number of carbonyl (C=O) groups excluding carboxylic acids is 1. The van der Waals surface area contributed by atoms with E-state index in [1.54, 1.807) is 12.0 Å². The third kappa shape index (κ3) is 5.19. The van der Waals surface area contributed by atoms with Gasteiger partial charge in [-0.2, -0.15) is 23.3 Å². The van der Waals surface area contributed by atoms with Crippen molar-refractivity contribution >= 4 is 28.4 Å². The van der Waals surface area contributed by atoms with E-state index >= 15 is 0 Å². The highest BCUT2D eigenvalue weighted by atomic mass is 32.1. The molecule has 0 radical (unpaired) electrons. The normalized spacial score (nSPS) is 15.3. The van der Waals surface area contributed by atoms with Crippen LogP contribution in [-0.4, -0.2) is 57.3 Å². The fraction of sp³-hybridized carbons (Fsp3) is 0.444. The number of ether oxygens (including phenoxy) is 1. The van der Waals surface area contributed by atoms with E-state index in [2.05, 4.69) is 25.5 Å². The first-order valence-electron chi connectivity index (χ1n) is 9.72. The SMILES string of the molecule is CC(COCc1nc(C2CN(c3ncc(C=O)s3)C2)no1)Nc1cn[nH]c(=O)c1C(F)(F)F. The molecule has 4 rings (SSSR count). The molecule has 0 bridgehead atoms. The van der Waals surface area contributed by atoms with E-state index in [1.807, 2.05) is 4.90 Å². The second kappa shape index (κ2) is 9.27. The number of hydrogen-bond acceptors (Lipinski definition) is 11. The zero-order chi connectivity index (χ0) is 23.6. The molecule has 11 nitrogen and oxygen atoms in total. The Kier molecular flexibility index (Phi) is 6.42. The molecule has 1 unspecified atom stereocenters. The third-order valence-electron chi connectivity index (χ3n) is 4.76. The molecule has 1 atom stereocenters. The summed E-state index contributed by atoms with van der Waals surface area (Å²) in [5.41, 5.74) is -3.11. The number of anilines is 2. The summed E-state index contributed by atoms with van der Waals surface area (Å²) in [6, 6.07) is -0.563. The maximum Gasteiger partial charge on any atom is 0.423 e. The zero-order valence-corrected chi connectivity index (χ0v) is 17.9. The topological polar surface area (TPSA) is 139 Å². The van der Waals surface area contributed by atoms with Crippen molar-refractivity contribution < 1.29 is 27.2 Å². The number of carbonyl (C=O) groups is 1. The Morgan fingerprint density at radius 2 is 2.21 bits per heavy atom. The van der Waals surface area contributed by atoms with Crippen molar-refractivity contribution in [1.29, 1.82) is 0 Å². The summed E-state index contributed by atoms with van der Waals surface area (Å²) < 4.78 is 50.0. The fourth-order valence-corrected chi connectivity index (χ4v) is 3.94. The maximum atomic E-state index is 13.1. The number of aromatic amines is 1. The molecule has 1 fully saturated rings. The molecule has 15 heteroatoms. The van der Waals surface area contributed by atoms with Gasteiger partial charge < -0.3 is 19.5 Å². The molecular weight excluding hydrogens is 467 g/mol. The van der Waals surface area contributed by atoms with Gasteiger partial charge in [-0.15, -0.1) is 0 Å². The summed E-state index contributed by atoms with van der Waals surface area (Å²) in [5, 5.41) is 12.5. The molecule has 176 valence electrons. The van der Waals surface area contributed by atoms with Crippen LogP contribution in [0, 0.1) is 0 Å². The van der Waals surface area contributed by atoms with E-state index in [-0.39, 0.29) is 25.0 Å². The third-order valence-corrected chi connectivity index (χ3v) is 5.75. The van der Waals surface area contributed by atoms with Crippen LogP contribution in [0.3, 0.4) is 0 Å². The number of halogens is 3. The van der Waals surface area contributed by atoms with Crippen molar-refractivity contribution in [1.82, 2.24) is 25.3 Å². The molecule has 4 heterocycles. The highest BCUT2D eigenvalue weighted by molar-refractivity contribution is 7.17. The molecule has 2 N–H and O–H groups in total. The molecule has 0 amide bonds. The molecule has 0 saturated carbocycles. The second-order valence-corrected chi connectivity index (χ2v) is 8.40. The van der Waals surface area contributed by atoms with Crippen LogP contribution >= 0.6 is 11.3 Å². The first-order valence-corrected chi connectivity index (χ1v) is 10.5. The van der Waals surface area contributed by atoms with Crippen molar-refractivity contribution in [2.45, 2.75) is 31.7 Å². The van der Waals surface area contributed by atoms with Gasteiger partial charge in [0, 0.05) is 19.1 Å². The predicted octanol–water partition coefficient (Wildman–Crippen LogP) is 2.06. The summed E-state index contributed by atoms with van der Waals surface area (Å²) in [4.78, 5) is 33.3. The van der Waals surface area contributed by atoms with Gasteiger partial charge in [-0.1, -0.05) is 16.5 Å². The number of hydrogen-bond donors (Lipinski definition) is 2. The van der Waals surface area contributed by atoms with Crippen molar-refractivity contribution in [3.63, 3.8) is 0 Å². The van der Waals surface area contributed by atoms with Gasteiger partial charge in [0.2, 0.25) is 0 Å². The summed E-state index contributed by atoms with van der Waals surface area (Å²) in [6.07, 6.45) is -1.65. The van der Waals surface area contributed by atoms with Gasteiger partial charge in [0.25, 0.3) is 11.4 Å². The highest BCUT2D eigenvalue weighted by Gasteiger charge is 2.37. The van der Waals surface area contributed by atoms with Crippen molar-refractivity contribution in [2.75, 3.05) is 29.9 Å². The molecule has 3 aromatic rings. The van der Waals surface area contributed by atoms with Crippen LogP contribution in [0.15, 0.2) is 21.7 Å². The van der Waals surface area contributed by atoms with Crippen LogP contribution < -0.4 is 15.8 Å². The van der Waals surface area contributed by atoms with Crippen molar-refractivity contribution in [2.24, 2.45) is 0 Å². The monoisotopic (exact) mass is 485 g/mol. The van der Waals surface area contributed by atoms with Gasteiger partial charge in [0.1, 0.15) is 12.2 Å². The largest absolute Gasteiger partial charge is 0.423 e. The van der Waals surface area contributed by atoms with Crippen LogP contribution in [0.4, 0.5) is 24.0 Å². The minimum Gasteiger partial charge on any atom is -0.378 e. The molecule has 0 spiro atoms. The van der Waals surface area contributed by atoms with E-state index in [0.717, 1.165) is 17.6 Å².